The van der Waals surface area contributed by atoms with Crippen molar-refractivity contribution in [3.8, 4) is 5.75 Å². The highest BCUT2D eigenvalue weighted by Gasteiger charge is 2.10. The van der Waals surface area contributed by atoms with Crippen molar-refractivity contribution in [2.24, 2.45) is 5.10 Å². The topological polar surface area (TPSA) is 106 Å². The van der Waals surface area contributed by atoms with Crippen LogP contribution in [0.5, 0.6) is 5.75 Å². The summed E-state index contributed by atoms with van der Waals surface area (Å²) in [6, 6.07) is 10.1. The smallest absolute Gasteiger partial charge is 0.343 e. The van der Waals surface area contributed by atoms with Crippen LogP contribution in [0.3, 0.4) is 0 Å². The zero-order valence-electron chi connectivity index (χ0n) is 16.2. The van der Waals surface area contributed by atoms with E-state index in [1.54, 1.807) is 36.4 Å². The van der Waals surface area contributed by atoms with Crippen molar-refractivity contribution >= 4 is 57.2 Å². The summed E-state index contributed by atoms with van der Waals surface area (Å²) in [6.07, 6.45) is 1.01. The number of rotatable bonds is 8. The number of hydrazone groups is 1. The fourth-order valence-electron chi connectivity index (χ4n) is 2.15. The Morgan fingerprint density at radius 2 is 1.93 bits per heavy atom. The van der Waals surface area contributed by atoms with E-state index in [1.807, 2.05) is 6.92 Å². The van der Waals surface area contributed by atoms with Crippen molar-refractivity contribution in [2.45, 2.75) is 13.3 Å². The highest BCUT2D eigenvalue weighted by Crippen LogP contribution is 2.25. The van der Waals surface area contributed by atoms with E-state index in [9.17, 15) is 14.4 Å². The van der Waals surface area contributed by atoms with Gasteiger partial charge in [0.1, 0.15) is 12.2 Å². The normalized spacial score (nSPS) is 10.5. The van der Waals surface area contributed by atoms with E-state index in [1.165, 1.54) is 13.3 Å². The summed E-state index contributed by atoms with van der Waals surface area (Å²) in [5.41, 5.74) is 4.34. The number of amides is 2. The second-order valence-corrected chi connectivity index (χ2v) is 7.30. The summed E-state index contributed by atoms with van der Waals surface area (Å²) in [7, 11) is 1.27. The van der Waals surface area contributed by atoms with Gasteiger partial charge in [-0.25, -0.2) is 10.2 Å². The first-order valence-corrected chi connectivity index (χ1v) is 9.82. The van der Waals surface area contributed by atoms with E-state index < -0.39 is 24.2 Å². The second kappa shape index (κ2) is 11.3. The SMILES string of the molecule is COC(=O)COc1ccc(C=NNC(=O)CC(=O)Nc2ccc(C)c(Cl)c2)cc1Br. The molecule has 8 nitrogen and oxygen atoms in total. The van der Waals surface area contributed by atoms with Gasteiger partial charge in [0.25, 0.3) is 0 Å². The number of halogens is 2. The van der Waals surface area contributed by atoms with Gasteiger partial charge in [-0.15, -0.1) is 0 Å². The van der Waals surface area contributed by atoms with Gasteiger partial charge in [-0.05, 0) is 64.3 Å². The number of nitrogens with one attached hydrogen (secondary N) is 2. The van der Waals surface area contributed by atoms with Crippen molar-refractivity contribution in [3.63, 3.8) is 0 Å². The van der Waals surface area contributed by atoms with Gasteiger partial charge >= 0.3 is 5.97 Å². The van der Waals surface area contributed by atoms with E-state index >= 15 is 0 Å². The van der Waals surface area contributed by atoms with Crippen LogP contribution in [0.4, 0.5) is 5.69 Å². The van der Waals surface area contributed by atoms with Crippen molar-refractivity contribution < 1.29 is 23.9 Å². The van der Waals surface area contributed by atoms with Gasteiger partial charge in [-0.2, -0.15) is 5.10 Å². The minimum absolute atomic E-state index is 0.213. The molecule has 2 aromatic carbocycles. The number of hydrogen-bond donors (Lipinski definition) is 2. The Labute approximate surface area is 186 Å². The zero-order valence-corrected chi connectivity index (χ0v) is 18.5. The molecule has 0 heterocycles. The number of hydrogen-bond acceptors (Lipinski definition) is 6. The van der Waals surface area contributed by atoms with Crippen molar-refractivity contribution in [1.82, 2.24) is 5.43 Å². The number of aryl methyl sites for hydroxylation is 1. The molecule has 0 saturated carbocycles. The zero-order chi connectivity index (χ0) is 22.1. The number of nitrogens with zero attached hydrogens (tertiary/aromatic N) is 1. The molecule has 0 spiro atoms. The average molecular weight is 497 g/mol. The molecule has 0 aliphatic rings. The van der Waals surface area contributed by atoms with Gasteiger partial charge in [0.05, 0.1) is 17.8 Å². The van der Waals surface area contributed by atoms with Crippen LogP contribution in [0, 0.1) is 6.92 Å². The molecule has 0 radical (unpaired) electrons. The number of methoxy groups -OCH3 is 1. The molecule has 0 atom stereocenters. The number of anilines is 1. The second-order valence-electron chi connectivity index (χ2n) is 6.04. The van der Waals surface area contributed by atoms with Crippen LogP contribution in [-0.2, 0) is 19.1 Å². The van der Waals surface area contributed by atoms with Gasteiger partial charge in [0, 0.05) is 10.7 Å². The van der Waals surface area contributed by atoms with Crippen molar-refractivity contribution in [1.29, 1.82) is 0 Å². The largest absolute Gasteiger partial charge is 0.481 e. The molecular formula is C20H19BrClN3O5. The summed E-state index contributed by atoms with van der Waals surface area (Å²) in [5.74, 6) is -1.10. The summed E-state index contributed by atoms with van der Waals surface area (Å²) < 4.78 is 10.4. The van der Waals surface area contributed by atoms with Crippen LogP contribution in [0.15, 0.2) is 46.0 Å². The Kier molecular flexibility index (Phi) is 8.82. The molecule has 2 rings (SSSR count). The third-order valence-electron chi connectivity index (χ3n) is 3.71. The van der Waals surface area contributed by atoms with Gasteiger partial charge in [0.15, 0.2) is 6.61 Å². The van der Waals surface area contributed by atoms with Crippen LogP contribution in [0.1, 0.15) is 17.5 Å². The van der Waals surface area contributed by atoms with Gasteiger partial charge in [-0.1, -0.05) is 17.7 Å². The predicted molar refractivity (Wildman–Crippen MR) is 117 cm³/mol. The van der Waals surface area contributed by atoms with E-state index in [0.29, 0.717) is 26.5 Å². The lowest BCUT2D eigenvalue weighted by Gasteiger charge is -2.07. The molecule has 0 aliphatic heterocycles. The third-order valence-corrected chi connectivity index (χ3v) is 4.74. The predicted octanol–water partition coefficient (Wildman–Crippen LogP) is 3.44. The van der Waals surface area contributed by atoms with E-state index in [0.717, 1.165) is 5.56 Å². The first-order valence-electron chi connectivity index (χ1n) is 8.65. The molecule has 2 N–H and O–H groups in total. The summed E-state index contributed by atoms with van der Waals surface area (Å²) >= 11 is 9.33. The van der Waals surface area contributed by atoms with Crippen molar-refractivity contribution in [2.75, 3.05) is 19.0 Å². The van der Waals surface area contributed by atoms with Gasteiger partial charge in [0.2, 0.25) is 11.8 Å². The molecule has 30 heavy (non-hydrogen) atoms. The average Bonchev–Trinajstić information content (AvgIpc) is 2.69. The maximum absolute atomic E-state index is 11.9. The molecule has 0 aromatic heterocycles. The first kappa shape index (κ1) is 23.4. The molecule has 0 saturated heterocycles. The van der Waals surface area contributed by atoms with Crippen LogP contribution < -0.4 is 15.5 Å². The van der Waals surface area contributed by atoms with Crippen molar-refractivity contribution in [3.05, 3.63) is 57.0 Å². The molecule has 0 fully saturated rings. The first-order chi connectivity index (χ1) is 14.3. The fraction of sp³-hybridized carbons (Fsp3) is 0.200. The van der Waals surface area contributed by atoms with Crippen LogP contribution in [0.2, 0.25) is 5.02 Å². The van der Waals surface area contributed by atoms with Gasteiger partial charge in [-0.3, -0.25) is 9.59 Å². The molecule has 0 unspecified atom stereocenters. The van der Waals surface area contributed by atoms with Crippen LogP contribution in [-0.4, -0.2) is 37.7 Å². The number of esters is 1. The monoisotopic (exact) mass is 495 g/mol. The third kappa shape index (κ3) is 7.49. The van der Waals surface area contributed by atoms with Crippen LogP contribution >= 0.6 is 27.5 Å². The number of carbonyl (C=O) groups excluding carboxylic acids is 3. The maximum atomic E-state index is 11.9. The molecule has 10 heteroatoms. The lowest BCUT2D eigenvalue weighted by molar-refractivity contribution is -0.143. The quantitative estimate of drug-likeness (QED) is 0.252. The van der Waals surface area contributed by atoms with Crippen LogP contribution in [0.25, 0.3) is 0 Å². The molecule has 2 amide bonds. The Bertz CT molecular complexity index is 981. The highest BCUT2D eigenvalue weighted by atomic mass is 79.9. The summed E-state index contributed by atoms with van der Waals surface area (Å²) in [5, 5.41) is 6.94. The Morgan fingerprint density at radius 3 is 2.60 bits per heavy atom. The van der Waals surface area contributed by atoms with Gasteiger partial charge < -0.3 is 14.8 Å². The lowest BCUT2D eigenvalue weighted by Crippen LogP contribution is -2.24. The van der Waals surface area contributed by atoms with E-state index in [2.05, 4.69) is 36.5 Å². The molecule has 0 aliphatic carbocycles. The Hall–Kier alpha value is -2.91. The lowest BCUT2D eigenvalue weighted by atomic mass is 10.2. The standard InChI is InChI=1S/C20H19BrClN3O5/c1-12-3-5-14(8-16(12)22)24-18(26)9-19(27)25-23-10-13-4-6-17(15(21)7-13)30-11-20(28)29-2/h3-8,10H,9,11H2,1-2H3,(H,24,26)(H,25,27). The molecule has 158 valence electrons. The maximum Gasteiger partial charge on any atom is 0.343 e. The number of benzene rings is 2. The Morgan fingerprint density at radius 1 is 1.17 bits per heavy atom. The fourth-order valence-corrected chi connectivity index (χ4v) is 2.84. The summed E-state index contributed by atoms with van der Waals surface area (Å²) in [4.78, 5) is 34.9. The van der Waals surface area contributed by atoms with E-state index in [-0.39, 0.29) is 6.61 Å². The molecular weight excluding hydrogens is 478 g/mol. The van der Waals surface area contributed by atoms with E-state index in [4.69, 9.17) is 16.3 Å². The Balaban J connectivity index is 1.83. The minimum Gasteiger partial charge on any atom is -0.481 e. The molecule has 2 aromatic rings. The molecule has 0 bridgehead atoms. The minimum atomic E-state index is -0.570. The highest BCUT2D eigenvalue weighted by molar-refractivity contribution is 9.10. The number of carbonyl (C=O) groups is 3. The summed E-state index contributed by atoms with van der Waals surface area (Å²) in [6.45, 7) is 1.64. The number of ether oxygens (including phenoxy) is 2.